The van der Waals surface area contributed by atoms with Gasteiger partial charge in [0, 0.05) is 25.7 Å². The summed E-state index contributed by atoms with van der Waals surface area (Å²) in [6, 6.07) is 1.58. The predicted molar refractivity (Wildman–Crippen MR) is 62.1 cm³/mol. The topological polar surface area (TPSA) is 73.4 Å². The van der Waals surface area contributed by atoms with Crippen LogP contribution in [-0.2, 0) is 4.79 Å². The molecule has 2 N–H and O–H groups in total. The monoisotopic (exact) mass is 256 g/mol. The number of halogens is 1. The smallest absolute Gasteiger partial charge is 0.303 e. The van der Waals surface area contributed by atoms with E-state index in [0.29, 0.717) is 23.8 Å². The van der Waals surface area contributed by atoms with E-state index >= 15 is 0 Å². The van der Waals surface area contributed by atoms with Gasteiger partial charge in [0.15, 0.2) is 0 Å². The number of amides is 1. The summed E-state index contributed by atoms with van der Waals surface area (Å²) in [7, 11) is 0. The number of aliphatic carboxylic acids is 1. The predicted octanol–water partition coefficient (Wildman–Crippen LogP) is 1.60. The Morgan fingerprint density at radius 3 is 2.94 bits per heavy atom. The molecule has 92 valence electrons. The molecule has 6 heteroatoms. The first-order valence-electron chi connectivity index (χ1n) is 5.41. The Morgan fingerprint density at radius 1 is 1.59 bits per heavy atom. The zero-order valence-electron chi connectivity index (χ0n) is 9.15. The van der Waals surface area contributed by atoms with Gasteiger partial charge in [-0.2, -0.15) is 0 Å². The number of aromatic amines is 1. The Bertz CT molecular complexity index is 444. The molecule has 0 spiro atoms. The summed E-state index contributed by atoms with van der Waals surface area (Å²) in [5.41, 5.74) is 0.450. The standard InChI is InChI=1S/C11H13ClN2O3/c12-8-4-9(13-5-8)11(17)14-2-1-7(6-14)3-10(15)16/h4-5,7,13H,1-3,6H2,(H,15,16). The van der Waals surface area contributed by atoms with Crippen molar-refractivity contribution in [1.82, 2.24) is 9.88 Å². The van der Waals surface area contributed by atoms with Gasteiger partial charge in [-0.05, 0) is 18.4 Å². The molecule has 1 atom stereocenters. The van der Waals surface area contributed by atoms with Gasteiger partial charge < -0.3 is 15.0 Å². The molecular formula is C11H13ClN2O3. The van der Waals surface area contributed by atoms with E-state index in [9.17, 15) is 9.59 Å². The third-order valence-electron chi connectivity index (χ3n) is 2.91. The average molecular weight is 257 g/mol. The molecule has 0 aliphatic carbocycles. The fourth-order valence-electron chi connectivity index (χ4n) is 2.09. The first-order valence-corrected chi connectivity index (χ1v) is 5.79. The Kier molecular flexibility index (Phi) is 3.38. The summed E-state index contributed by atoms with van der Waals surface area (Å²) in [6.07, 6.45) is 2.42. The lowest BCUT2D eigenvalue weighted by atomic mass is 10.1. The third kappa shape index (κ3) is 2.79. The number of H-pyrrole nitrogens is 1. The van der Waals surface area contributed by atoms with E-state index in [-0.39, 0.29) is 18.2 Å². The van der Waals surface area contributed by atoms with E-state index < -0.39 is 5.97 Å². The number of rotatable bonds is 3. The van der Waals surface area contributed by atoms with E-state index in [0.717, 1.165) is 6.42 Å². The molecule has 0 aromatic carbocycles. The summed E-state index contributed by atoms with van der Waals surface area (Å²) in [4.78, 5) is 27.0. The number of carbonyl (C=O) groups excluding carboxylic acids is 1. The maximum Gasteiger partial charge on any atom is 0.303 e. The molecule has 2 heterocycles. The van der Waals surface area contributed by atoms with Gasteiger partial charge in [-0.3, -0.25) is 9.59 Å². The maximum absolute atomic E-state index is 12.0. The molecule has 1 aromatic heterocycles. The SMILES string of the molecule is O=C(O)CC1CCN(C(=O)c2cc(Cl)c[nH]2)C1. The van der Waals surface area contributed by atoms with Crippen LogP contribution in [0.25, 0.3) is 0 Å². The molecule has 1 aliphatic heterocycles. The molecule has 0 bridgehead atoms. The second-order valence-corrected chi connectivity index (χ2v) is 4.67. The third-order valence-corrected chi connectivity index (χ3v) is 3.13. The molecule has 1 unspecified atom stereocenters. The first kappa shape index (κ1) is 12.0. The van der Waals surface area contributed by atoms with Crippen molar-refractivity contribution >= 4 is 23.5 Å². The van der Waals surface area contributed by atoms with E-state index in [4.69, 9.17) is 16.7 Å². The van der Waals surface area contributed by atoms with Crippen LogP contribution in [0.3, 0.4) is 0 Å². The van der Waals surface area contributed by atoms with Gasteiger partial charge in [-0.15, -0.1) is 0 Å². The molecule has 1 aliphatic rings. The molecule has 17 heavy (non-hydrogen) atoms. The van der Waals surface area contributed by atoms with E-state index in [1.807, 2.05) is 0 Å². The molecule has 5 nitrogen and oxygen atoms in total. The van der Waals surface area contributed by atoms with Crippen LogP contribution < -0.4 is 0 Å². The first-order chi connectivity index (χ1) is 8.06. The lowest BCUT2D eigenvalue weighted by molar-refractivity contribution is -0.138. The highest BCUT2D eigenvalue weighted by Crippen LogP contribution is 2.22. The summed E-state index contributed by atoms with van der Waals surface area (Å²) < 4.78 is 0. The van der Waals surface area contributed by atoms with Crippen molar-refractivity contribution in [2.45, 2.75) is 12.8 Å². The van der Waals surface area contributed by atoms with Gasteiger partial charge in [0.1, 0.15) is 5.69 Å². The van der Waals surface area contributed by atoms with Gasteiger partial charge in [0.05, 0.1) is 5.02 Å². The number of hydrogen-bond donors (Lipinski definition) is 2. The number of carboxylic acids is 1. The summed E-state index contributed by atoms with van der Waals surface area (Å²) in [5.74, 6) is -0.876. The quantitative estimate of drug-likeness (QED) is 0.863. The van der Waals surface area contributed by atoms with Crippen LogP contribution in [0.15, 0.2) is 12.3 Å². The molecule has 1 fully saturated rings. The number of carboxylic acid groups (broad SMARTS) is 1. The van der Waals surface area contributed by atoms with Crippen LogP contribution in [-0.4, -0.2) is 40.0 Å². The van der Waals surface area contributed by atoms with Crippen molar-refractivity contribution in [2.75, 3.05) is 13.1 Å². The van der Waals surface area contributed by atoms with Crippen molar-refractivity contribution in [1.29, 1.82) is 0 Å². The van der Waals surface area contributed by atoms with E-state index in [2.05, 4.69) is 4.98 Å². The number of likely N-dealkylation sites (tertiary alicyclic amines) is 1. The second kappa shape index (κ2) is 4.79. The lowest BCUT2D eigenvalue weighted by Crippen LogP contribution is -2.29. The van der Waals surface area contributed by atoms with Gasteiger partial charge in [0.25, 0.3) is 5.91 Å². The van der Waals surface area contributed by atoms with Crippen LogP contribution in [0.2, 0.25) is 5.02 Å². The van der Waals surface area contributed by atoms with Crippen molar-refractivity contribution in [3.8, 4) is 0 Å². The normalized spacial score (nSPS) is 19.6. The van der Waals surface area contributed by atoms with Crippen LogP contribution in [0.5, 0.6) is 0 Å². The van der Waals surface area contributed by atoms with E-state index in [1.165, 1.54) is 0 Å². The highest BCUT2D eigenvalue weighted by atomic mass is 35.5. The van der Waals surface area contributed by atoms with Crippen molar-refractivity contribution in [3.05, 3.63) is 23.0 Å². The number of carbonyl (C=O) groups is 2. The maximum atomic E-state index is 12.0. The molecule has 0 radical (unpaired) electrons. The van der Waals surface area contributed by atoms with Gasteiger partial charge in [0.2, 0.25) is 0 Å². The minimum absolute atomic E-state index is 0.0573. The highest BCUT2D eigenvalue weighted by Gasteiger charge is 2.28. The Morgan fingerprint density at radius 2 is 2.35 bits per heavy atom. The van der Waals surface area contributed by atoms with Crippen LogP contribution in [0.1, 0.15) is 23.3 Å². The average Bonchev–Trinajstić information content (AvgIpc) is 2.85. The minimum Gasteiger partial charge on any atom is -0.481 e. The fourth-order valence-corrected chi connectivity index (χ4v) is 2.26. The van der Waals surface area contributed by atoms with Crippen molar-refractivity contribution < 1.29 is 14.7 Å². The fraction of sp³-hybridized carbons (Fsp3) is 0.455. The number of hydrogen-bond acceptors (Lipinski definition) is 2. The largest absolute Gasteiger partial charge is 0.481 e. The lowest BCUT2D eigenvalue weighted by Gasteiger charge is -2.14. The molecule has 1 amide bonds. The number of aromatic nitrogens is 1. The molecule has 1 saturated heterocycles. The molecular weight excluding hydrogens is 244 g/mol. The number of nitrogens with one attached hydrogen (secondary N) is 1. The van der Waals surface area contributed by atoms with Gasteiger partial charge in [-0.1, -0.05) is 11.6 Å². The van der Waals surface area contributed by atoms with Crippen LogP contribution in [0.4, 0.5) is 0 Å². The Hall–Kier alpha value is -1.49. The molecule has 2 rings (SSSR count). The van der Waals surface area contributed by atoms with Gasteiger partial charge in [-0.25, -0.2) is 0 Å². The van der Waals surface area contributed by atoms with Crippen LogP contribution in [0, 0.1) is 5.92 Å². The molecule has 0 saturated carbocycles. The summed E-state index contributed by atoms with van der Waals surface area (Å²) >= 11 is 5.73. The zero-order chi connectivity index (χ0) is 12.4. The van der Waals surface area contributed by atoms with Crippen LogP contribution >= 0.6 is 11.6 Å². The highest BCUT2D eigenvalue weighted by molar-refractivity contribution is 6.30. The summed E-state index contributed by atoms with van der Waals surface area (Å²) in [6.45, 7) is 1.11. The van der Waals surface area contributed by atoms with Crippen molar-refractivity contribution in [3.63, 3.8) is 0 Å². The molecule has 1 aromatic rings. The summed E-state index contributed by atoms with van der Waals surface area (Å²) in [5, 5.41) is 9.19. The van der Waals surface area contributed by atoms with E-state index in [1.54, 1.807) is 17.2 Å². The second-order valence-electron chi connectivity index (χ2n) is 4.24. The van der Waals surface area contributed by atoms with Gasteiger partial charge >= 0.3 is 5.97 Å². The zero-order valence-corrected chi connectivity index (χ0v) is 9.91. The minimum atomic E-state index is -0.813. The Balaban J connectivity index is 1.96. The van der Waals surface area contributed by atoms with Crippen molar-refractivity contribution in [2.24, 2.45) is 5.92 Å². The number of nitrogens with zero attached hydrogens (tertiary/aromatic N) is 1. The Labute approximate surface area is 103 Å².